The number of hydrogen-bond donors (Lipinski definition) is 1. The van der Waals surface area contributed by atoms with Gasteiger partial charge in [0.1, 0.15) is 22.9 Å². The number of nitrogens with one attached hydrogen (secondary N) is 1. The summed E-state index contributed by atoms with van der Waals surface area (Å²) in [6.45, 7) is 0. The van der Waals surface area contributed by atoms with Crippen LogP contribution < -0.4 is 25.1 Å². The first-order chi connectivity index (χ1) is 20.5. The minimum atomic E-state index is -0.659. The number of rotatable bonds is 7. The van der Waals surface area contributed by atoms with Gasteiger partial charge in [0.2, 0.25) is 0 Å². The molecule has 6 rings (SSSR count). The third-order valence-corrected chi connectivity index (χ3v) is 7.09. The Kier molecular flexibility index (Phi) is 8.40. The zero-order chi connectivity index (χ0) is 29.2. The summed E-state index contributed by atoms with van der Waals surface area (Å²) >= 11 is 0. The van der Waals surface area contributed by atoms with E-state index in [0.717, 1.165) is 0 Å². The van der Waals surface area contributed by atoms with Gasteiger partial charge in [-0.3, -0.25) is 23.9 Å². The molecule has 1 aliphatic carbocycles. The average molecular weight is 599 g/mol. The van der Waals surface area contributed by atoms with Crippen molar-refractivity contribution in [3.63, 3.8) is 0 Å². The van der Waals surface area contributed by atoms with Crippen molar-refractivity contribution in [2.24, 2.45) is 0 Å². The van der Waals surface area contributed by atoms with E-state index in [1.165, 1.54) is 16.8 Å². The molecule has 0 saturated heterocycles. The van der Waals surface area contributed by atoms with Crippen molar-refractivity contribution in [2.75, 3.05) is 19.5 Å². The number of carbonyl (C=O) groups is 2. The number of Topliss-reactive ketones (excluding diaryl/α,β-unsaturated/α-hetero) is 1. The third kappa shape index (κ3) is 5.64. The van der Waals surface area contributed by atoms with Crippen molar-refractivity contribution in [3.05, 3.63) is 106 Å². The number of benzene rings is 2. The van der Waals surface area contributed by atoms with Gasteiger partial charge in [-0.1, -0.05) is 18.2 Å². The molecule has 218 valence electrons. The van der Waals surface area contributed by atoms with E-state index < -0.39 is 11.5 Å². The number of ether oxygens (including phenoxy) is 3. The first kappa shape index (κ1) is 29.3. The van der Waals surface area contributed by atoms with Gasteiger partial charge in [0, 0.05) is 41.0 Å². The molecule has 0 saturated carbocycles. The second-order valence-corrected chi connectivity index (χ2v) is 9.64. The Labute approximate surface area is 252 Å². The van der Waals surface area contributed by atoms with Gasteiger partial charge >= 0.3 is 0 Å². The molecule has 5 aromatic rings. The number of fused-ring (bicyclic) bond motifs is 2. The van der Waals surface area contributed by atoms with Crippen molar-refractivity contribution >= 4 is 40.8 Å². The lowest BCUT2D eigenvalue weighted by Gasteiger charge is -2.21. The Morgan fingerprint density at radius 1 is 0.884 bits per heavy atom. The molecular weight excluding hydrogens is 572 g/mol. The number of carbonyl (C=O) groups excluding carboxylic acids is 2. The number of para-hydroxylation sites is 1. The van der Waals surface area contributed by atoms with Gasteiger partial charge in [0.25, 0.3) is 11.5 Å². The highest BCUT2D eigenvalue weighted by molar-refractivity contribution is 6.06. The summed E-state index contributed by atoms with van der Waals surface area (Å²) in [5.74, 6) is 1.50. The van der Waals surface area contributed by atoms with Crippen molar-refractivity contribution in [3.8, 4) is 28.7 Å². The summed E-state index contributed by atoms with van der Waals surface area (Å²) in [4.78, 5) is 48.3. The van der Waals surface area contributed by atoms with Gasteiger partial charge < -0.3 is 19.5 Å². The van der Waals surface area contributed by atoms with Crippen LogP contribution in [0.3, 0.4) is 0 Å². The second-order valence-electron chi connectivity index (χ2n) is 9.64. The highest BCUT2D eigenvalue weighted by Crippen LogP contribution is 2.36. The Balaban J connectivity index is 0.00000368. The maximum absolute atomic E-state index is 13.6. The largest absolute Gasteiger partial charge is 0.493 e. The van der Waals surface area contributed by atoms with Crippen LogP contribution in [0.25, 0.3) is 16.6 Å². The molecule has 1 amide bonds. The molecule has 0 spiro atoms. The standard InChI is InChI=1S/C32H26N4O6.ClH/c1-40-28-16-21-24(17-29(28)41-2)33-14-13-27(21)42-20-11-12-30(34-18-20)35-31(38)23-15-22-25(9-6-10-26(22)37)36(32(23)39)19-7-4-3-5-8-19;/h3-5,7-8,11-18H,6,9-10H2,1-2H3,(H,34,35,38);1H. The number of anilines is 1. The minimum absolute atomic E-state index is 0. The molecular formula is C32H27ClN4O6. The monoisotopic (exact) mass is 598 g/mol. The van der Waals surface area contributed by atoms with Gasteiger partial charge in [0.05, 0.1) is 25.9 Å². The van der Waals surface area contributed by atoms with Crippen molar-refractivity contribution in [1.82, 2.24) is 14.5 Å². The normalized spacial score (nSPS) is 12.2. The number of halogens is 1. The molecule has 1 aliphatic rings. The van der Waals surface area contributed by atoms with Crippen molar-refractivity contribution in [1.29, 1.82) is 0 Å². The summed E-state index contributed by atoms with van der Waals surface area (Å²) in [7, 11) is 3.11. The first-order valence-corrected chi connectivity index (χ1v) is 13.3. The molecule has 11 heteroatoms. The Hall–Kier alpha value is -5.22. The van der Waals surface area contributed by atoms with Gasteiger partial charge in [0.15, 0.2) is 17.3 Å². The molecule has 3 heterocycles. The summed E-state index contributed by atoms with van der Waals surface area (Å²) in [5, 5.41) is 3.39. The van der Waals surface area contributed by atoms with Gasteiger partial charge in [-0.15, -0.1) is 12.4 Å². The zero-order valence-electron chi connectivity index (χ0n) is 23.3. The van der Waals surface area contributed by atoms with Crippen LogP contribution in [-0.2, 0) is 6.42 Å². The Bertz CT molecular complexity index is 1890. The number of nitrogens with zero attached hydrogens (tertiary/aromatic N) is 3. The van der Waals surface area contributed by atoms with E-state index in [9.17, 15) is 14.4 Å². The van der Waals surface area contributed by atoms with Crippen LogP contribution in [0.4, 0.5) is 5.82 Å². The Morgan fingerprint density at radius 2 is 1.65 bits per heavy atom. The SMILES string of the molecule is COc1cc2nccc(Oc3ccc(NC(=O)c4cc5c(n(-c6ccccc6)c4=O)CCCC5=O)nc3)c2cc1OC.Cl. The van der Waals surface area contributed by atoms with Crippen molar-refractivity contribution in [2.45, 2.75) is 19.3 Å². The van der Waals surface area contributed by atoms with Crippen LogP contribution in [0, 0.1) is 0 Å². The highest BCUT2D eigenvalue weighted by Gasteiger charge is 2.26. The molecule has 2 aromatic carbocycles. The molecule has 0 fully saturated rings. The van der Waals surface area contributed by atoms with E-state index in [0.29, 0.717) is 70.1 Å². The fraction of sp³-hybridized carbons (Fsp3) is 0.156. The van der Waals surface area contributed by atoms with E-state index >= 15 is 0 Å². The number of pyridine rings is 3. The van der Waals surface area contributed by atoms with Crippen LogP contribution in [0.15, 0.2) is 83.9 Å². The van der Waals surface area contributed by atoms with E-state index in [-0.39, 0.29) is 29.6 Å². The van der Waals surface area contributed by atoms with Crippen LogP contribution in [0.1, 0.15) is 39.3 Å². The maximum Gasteiger partial charge on any atom is 0.268 e. The molecule has 0 bridgehead atoms. The lowest BCUT2D eigenvalue weighted by Crippen LogP contribution is -2.33. The lowest BCUT2D eigenvalue weighted by molar-refractivity contribution is 0.0971. The van der Waals surface area contributed by atoms with E-state index in [1.807, 2.05) is 6.07 Å². The Morgan fingerprint density at radius 3 is 2.37 bits per heavy atom. The summed E-state index contributed by atoms with van der Waals surface area (Å²) in [5.41, 5.74) is 1.64. The number of hydrogen-bond acceptors (Lipinski definition) is 8. The van der Waals surface area contributed by atoms with E-state index in [1.54, 1.807) is 75.0 Å². The van der Waals surface area contributed by atoms with Crippen LogP contribution in [-0.4, -0.2) is 40.4 Å². The molecule has 10 nitrogen and oxygen atoms in total. The predicted octanol–water partition coefficient (Wildman–Crippen LogP) is 5.78. The van der Waals surface area contributed by atoms with Gasteiger partial charge in [-0.25, -0.2) is 4.98 Å². The van der Waals surface area contributed by atoms with Gasteiger partial charge in [-0.2, -0.15) is 0 Å². The fourth-order valence-corrected chi connectivity index (χ4v) is 5.07. The predicted molar refractivity (Wildman–Crippen MR) is 164 cm³/mol. The molecule has 1 N–H and O–H groups in total. The molecule has 0 atom stereocenters. The summed E-state index contributed by atoms with van der Waals surface area (Å²) in [6.07, 6.45) is 4.68. The third-order valence-electron chi connectivity index (χ3n) is 7.09. The summed E-state index contributed by atoms with van der Waals surface area (Å²) < 4.78 is 18.3. The first-order valence-electron chi connectivity index (χ1n) is 13.3. The number of ketones is 1. The van der Waals surface area contributed by atoms with E-state index in [4.69, 9.17) is 14.2 Å². The average Bonchev–Trinajstić information content (AvgIpc) is 3.01. The fourth-order valence-electron chi connectivity index (χ4n) is 5.07. The molecule has 0 aliphatic heterocycles. The topological polar surface area (TPSA) is 122 Å². The highest BCUT2D eigenvalue weighted by atomic mass is 35.5. The lowest BCUT2D eigenvalue weighted by atomic mass is 9.92. The molecule has 3 aromatic heterocycles. The second kappa shape index (κ2) is 12.3. The molecule has 0 unspecified atom stereocenters. The van der Waals surface area contributed by atoms with Crippen LogP contribution >= 0.6 is 12.4 Å². The smallest absolute Gasteiger partial charge is 0.268 e. The van der Waals surface area contributed by atoms with Crippen LogP contribution in [0.5, 0.6) is 23.0 Å². The maximum atomic E-state index is 13.6. The van der Waals surface area contributed by atoms with Crippen LogP contribution in [0.2, 0.25) is 0 Å². The van der Waals surface area contributed by atoms with Crippen molar-refractivity contribution < 1.29 is 23.8 Å². The number of aromatic nitrogens is 3. The quantitative estimate of drug-likeness (QED) is 0.250. The van der Waals surface area contributed by atoms with Gasteiger partial charge in [-0.05, 0) is 55.3 Å². The summed E-state index contributed by atoms with van der Waals surface area (Å²) in [6, 6.07) is 18.9. The zero-order valence-corrected chi connectivity index (χ0v) is 24.1. The molecule has 0 radical (unpaired) electrons. The van der Waals surface area contributed by atoms with E-state index in [2.05, 4.69) is 15.3 Å². The minimum Gasteiger partial charge on any atom is -0.493 e. The number of amides is 1. The number of methoxy groups -OCH3 is 2. The molecule has 43 heavy (non-hydrogen) atoms.